The van der Waals surface area contributed by atoms with Crippen LogP contribution in [0.15, 0.2) is 6.33 Å². The first-order valence-corrected chi connectivity index (χ1v) is 5.39. The Morgan fingerprint density at radius 1 is 1.06 bits per heavy atom. The summed E-state index contributed by atoms with van der Waals surface area (Å²) in [4.78, 5) is 7.75. The Morgan fingerprint density at radius 2 is 1.76 bits per heavy atom. The van der Waals surface area contributed by atoms with E-state index in [0.29, 0.717) is 0 Å². The van der Waals surface area contributed by atoms with Gasteiger partial charge in [-0.3, -0.25) is 0 Å². The summed E-state index contributed by atoms with van der Waals surface area (Å²) in [7, 11) is 0. The maximum atomic E-state index is 4.49. The van der Waals surface area contributed by atoms with Crippen LogP contribution in [0.2, 0.25) is 0 Å². The number of nitrogens with zero attached hydrogens (tertiary/aromatic N) is 1. The highest BCUT2D eigenvalue weighted by Gasteiger charge is 2.39. The van der Waals surface area contributed by atoms with Crippen molar-refractivity contribution in [2.24, 2.45) is 0 Å². The summed E-state index contributed by atoms with van der Waals surface area (Å²) in [5, 5.41) is 7.06. The highest BCUT2D eigenvalue weighted by Crippen LogP contribution is 2.33. The number of hydrogen-bond donors (Lipinski definition) is 3. The number of aromatic amines is 1. The Bertz CT molecular complexity index is 336. The van der Waals surface area contributed by atoms with Crippen molar-refractivity contribution >= 4 is 37.2 Å². The number of nitrogens with one attached hydrogen (secondary N) is 3. The first kappa shape index (κ1) is 17.0. The molecule has 1 fully saturated rings. The highest BCUT2D eigenvalue weighted by molar-refractivity contribution is 5.86. The SMILES string of the molecule is Cl.Cl.Cl.c1nc2c([nH]1)CCNC21CCNCC1. The van der Waals surface area contributed by atoms with E-state index in [9.17, 15) is 0 Å². The van der Waals surface area contributed by atoms with Gasteiger partial charge in [0.2, 0.25) is 0 Å². The summed E-state index contributed by atoms with van der Waals surface area (Å²) in [6, 6.07) is 0. The lowest BCUT2D eigenvalue weighted by Gasteiger charge is -2.40. The predicted octanol–water partition coefficient (Wildman–Crippen LogP) is 1.40. The summed E-state index contributed by atoms with van der Waals surface area (Å²) in [6.45, 7) is 3.27. The fourth-order valence-corrected chi connectivity index (χ4v) is 2.70. The first-order valence-electron chi connectivity index (χ1n) is 5.39. The number of fused-ring (bicyclic) bond motifs is 2. The quantitative estimate of drug-likeness (QED) is 0.679. The molecular formula is C10H19Cl3N4. The third kappa shape index (κ3) is 2.88. The number of halogens is 3. The van der Waals surface area contributed by atoms with Gasteiger partial charge in [-0.1, -0.05) is 0 Å². The van der Waals surface area contributed by atoms with E-state index in [4.69, 9.17) is 0 Å². The van der Waals surface area contributed by atoms with E-state index in [0.717, 1.165) is 38.9 Å². The van der Waals surface area contributed by atoms with Crippen LogP contribution in [0.3, 0.4) is 0 Å². The van der Waals surface area contributed by atoms with Crippen molar-refractivity contribution in [3.63, 3.8) is 0 Å². The Balaban J connectivity index is 0.000000853. The summed E-state index contributed by atoms with van der Waals surface area (Å²) in [6.07, 6.45) is 5.24. The topological polar surface area (TPSA) is 52.7 Å². The van der Waals surface area contributed by atoms with Crippen LogP contribution in [0.5, 0.6) is 0 Å². The molecule has 1 saturated heterocycles. The zero-order valence-corrected chi connectivity index (χ0v) is 11.9. The van der Waals surface area contributed by atoms with Gasteiger partial charge in [0.1, 0.15) is 0 Å². The van der Waals surface area contributed by atoms with Gasteiger partial charge in [-0.05, 0) is 25.9 Å². The van der Waals surface area contributed by atoms with Crippen LogP contribution in [-0.4, -0.2) is 29.6 Å². The molecule has 1 aromatic rings. The molecule has 2 aliphatic rings. The van der Waals surface area contributed by atoms with Crippen LogP contribution in [0.1, 0.15) is 24.2 Å². The van der Waals surface area contributed by atoms with Crippen molar-refractivity contribution in [3.8, 4) is 0 Å². The molecule has 100 valence electrons. The summed E-state index contributed by atoms with van der Waals surface area (Å²) in [5.74, 6) is 0. The molecule has 7 heteroatoms. The number of piperidine rings is 1. The minimum atomic E-state index is 0. The lowest BCUT2D eigenvalue weighted by atomic mass is 9.81. The molecule has 3 N–H and O–H groups in total. The number of hydrogen-bond acceptors (Lipinski definition) is 3. The van der Waals surface area contributed by atoms with Crippen molar-refractivity contribution in [3.05, 3.63) is 17.7 Å². The molecule has 0 amide bonds. The largest absolute Gasteiger partial charge is 0.348 e. The van der Waals surface area contributed by atoms with Gasteiger partial charge in [0.25, 0.3) is 0 Å². The third-order valence-corrected chi connectivity index (χ3v) is 3.47. The van der Waals surface area contributed by atoms with E-state index in [1.54, 1.807) is 0 Å². The molecule has 0 bridgehead atoms. The van der Waals surface area contributed by atoms with Crippen LogP contribution in [0.4, 0.5) is 0 Å². The van der Waals surface area contributed by atoms with Crippen LogP contribution < -0.4 is 10.6 Å². The van der Waals surface area contributed by atoms with Crippen LogP contribution in [0, 0.1) is 0 Å². The third-order valence-electron chi connectivity index (χ3n) is 3.47. The molecule has 3 heterocycles. The highest BCUT2D eigenvalue weighted by atomic mass is 35.5. The van der Waals surface area contributed by atoms with Crippen molar-refractivity contribution in [2.75, 3.05) is 19.6 Å². The second kappa shape index (κ2) is 6.81. The molecule has 1 aromatic heterocycles. The van der Waals surface area contributed by atoms with Gasteiger partial charge >= 0.3 is 0 Å². The summed E-state index contributed by atoms with van der Waals surface area (Å²) >= 11 is 0. The molecule has 0 saturated carbocycles. The van der Waals surface area contributed by atoms with Gasteiger partial charge < -0.3 is 15.6 Å². The lowest BCUT2D eigenvalue weighted by molar-refractivity contribution is 0.228. The molecule has 3 rings (SSSR count). The fourth-order valence-electron chi connectivity index (χ4n) is 2.70. The van der Waals surface area contributed by atoms with Crippen molar-refractivity contribution in [2.45, 2.75) is 24.8 Å². The molecular weight excluding hydrogens is 282 g/mol. The molecule has 0 aliphatic carbocycles. The van der Waals surface area contributed by atoms with Gasteiger partial charge in [0, 0.05) is 18.7 Å². The number of H-pyrrole nitrogens is 1. The van der Waals surface area contributed by atoms with E-state index < -0.39 is 0 Å². The standard InChI is InChI=1S/C10H16N4.3ClH/c1-4-14-10(2-5-11-6-3-10)9-8(1)12-7-13-9;;;/h7,11,14H,1-6H2,(H,12,13);3*1H. The van der Waals surface area contributed by atoms with Gasteiger partial charge in [-0.25, -0.2) is 4.98 Å². The smallest absolute Gasteiger partial charge is 0.0926 e. The molecule has 0 atom stereocenters. The number of rotatable bonds is 0. The zero-order valence-electron chi connectivity index (χ0n) is 9.49. The second-order valence-corrected chi connectivity index (χ2v) is 4.24. The monoisotopic (exact) mass is 300 g/mol. The minimum absolute atomic E-state index is 0. The van der Waals surface area contributed by atoms with Crippen LogP contribution in [-0.2, 0) is 12.0 Å². The summed E-state index contributed by atoms with van der Waals surface area (Å²) in [5.41, 5.74) is 2.77. The van der Waals surface area contributed by atoms with E-state index in [2.05, 4.69) is 20.6 Å². The molecule has 2 aliphatic heterocycles. The lowest BCUT2D eigenvalue weighted by Crippen LogP contribution is -2.53. The maximum Gasteiger partial charge on any atom is 0.0926 e. The maximum absolute atomic E-state index is 4.49. The number of aromatic nitrogens is 2. The second-order valence-electron chi connectivity index (χ2n) is 4.24. The van der Waals surface area contributed by atoms with Gasteiger partial charge in [-0.15, -0.1) is 37.2 Å². The zero-order chi connectivity index (χ0) is 9.43. The van der Waals surface area contributed by atoms with Crippen LogP contribution >= 0.6 is 37.2 Å². The summed E-state index contributed by atoms with van der Waals surface area (Å²) < 4.78 is 0. The fraction of sp³-hybridized carbons (Fsp3) is 0.700. The Kier molecular flexibility index (Phi) is 6.81. The molecule has 17 heavy (non-hydrogen) atoms. The van der Waals surface area contributed by atoms with E-state index in [1.165, 1.54) is 11.4 Å². The van der Waals surface area contributed by atoms with Crippen LogP contribution in [0.25, 0.3) is 0 Å². The van der Waals surface area contributed by atoms with Gasteiger partial charge in [-0.2, -0.15) is 0 Å². The minimum Gasteiger partial charge on any atom is -0.348 e. The predicted molar refractivity (Wildman–Crippen MR) is 75.8 cm³/mol. The van der Waals surface area contributed by atoms with E-state index >= 15 is 0 Å². The average Bonchev–Trinajstić information content (AvgIpc) is 2.69. The molecule has 0 unspecified atom stereocenters. The Morgan fingerprint density at radius 3 is 2.47 bits per heavy atom. The first-order chi connectivity index (χ1) is 6.91. The molecule has 1 spiro atoms. The Labute approximate surface area is 120 Å². The van der Waals surface area contributed by atoms with E-state index in [1.807, 2.05) is 6.33 Å². The van der Waals surface area contributed by atoms with Crippen molar-refractivity contribution in [1.29, 1.82) is 0 Å². The molecule has 0 radical (unpaired) electrons. The molecule has 4 nitrogen and oxygen atoms in total. The molecule has 0 aromatic carbocycles. The average molecular weight is 302 g/mol. The van der Waals surface area contributed by atoms with Crippen molar-refractivity contribution in [1.82, 2.24) is 20.6 Å². The van der Waals surface area contributed by atoms with Crippen molar-refractivity contribution < 1.29 is 0 Å². The normalized spacial score (nSPS) is 20.5. The van der Waals surface area contributed by atoms with Gasteiger partial charge in [0.15, 0.2) is 0 Å². The Hall–Kier alpha value is -0.000000000000000208. The van der Waals surface area contributed by atoms with Gasteiger partial charge in [0.05, 0.1) is 17.6 Å². The number of imidazole rings is 1. The van der Waals surface area contributed by atoms with E-state index in [-0.39, 0.29) is 42.8 Å².